The lowest BCUT2D eigenvalue weighted by Gasteiger charge is -2.18. The largest absolute Gasteiger partial charge is 0.465 e. The van der Waals surface area contributed by atoms with Crippen LogP contribution in [0, 0.1) is 19.8 Å². The predicted molar refractivity (Wildman–Crippen MR) is 70.8 cm³/mol. The van der Waals surface area contributed by atoms with Crippen molar-refractivity contribution >= 4 is 10.0 Å². The Bertz CT molecular complexity index is 491. The van der Waals surface area contributed by atoms with E-state index in [1.807, 2.05) is 13.8 Å². The minimum Gasteiger partial charge on any atom is -0.465 e. The maximum absolute atomic E-state index is 12.2. The average molecular weight is 274 g/mol. The highest BCUT2D eigenvalue weighted by Crippen LogP contribution is 2.20. The van der Waals surface area contributed by atoms with Crippen molar-refractivity contribution in [1.29, 1.82) is 0 Å². The zero-order valence-corrected chi connectivity index (χ0v) is 12.2. The van der Waals surface area contributed by atoms with Gasteiger partial charge >= 0.3 is 0 Å². The van der Waals surface area contributed by atoms with Crippen molar-refractivity contribution in [2.24, 2.45) is 11.7 Å². The van der Waals surface area contributed by atoms with Gasteiger partial charge in [0.05, 0.1) is 0 Å². The molecule has 0 aliphatic rings. The van der Waals surface area contributed by atoms with Gasteiger partial charge in [0.2, 0.25) is 10.0 Å². The average Bonchev–Trinajstić information content (AvgIpc) is 2.56. The third kappa shape index (κ3) is 3.83. The molecule has 0 saturated carbocycles. The third-order valence-electron chi connectivity index (χ3n) is 2.65. The second kappa shape index (κ2) is 5.86. The Labute approximate surface area is 109 Å². The van der Waals surface area contributed by atoms with E-state index in [9.17, 15) is 8.42 Å². The molecule has 0 radical (unpaired) electrons. The highest BCUT2D eigenvalue weighted by atomic mass is 32.2. The number of aryl methyl sites for hydroxylation is 2. The van der Waals surface area contributed by atoms with Crippen molar-refractivity contribution in [2.45, 2.75) is 45.1 Å². The predicted octanol–water partition coefficient (Wildman–Crippen LogP) is 1.55. The molecule has 1 aromatic heterocycles. The summed E-state index contributed by atoms with van der Waals surface area (Å²) in [5.41, 5.74) is 5.60. The Morgan fingerprint density at radius 2 is 2.00 bits per heavy atom. The first-order valence-corrected chi connectivity index (χ1v) is 7.54. The zero-order chi connectivity index (χ0) is 13.9. The van der Waals surface area contributed by atoms with Gasteiger partial charge in [-0.25, -0.2) is 13.1 Å². The van der Waals surface area contributed by atoms with Crippen LogP contribution < -0.4 is 10.5 Å². The van der Waals surface area contributed by atoms with Gasteiger partial charge in [-0.1, -0.05) is 13.8 Å². The fourth-order valence-corrected chi connectivity index (χ4v) is 3.42. The molecule has 1 aromatic rings. The maximum Gasteiger partial charge on any atom is 0.244 e. The van der Waals surface area contributed by atoms with E-state index in [-0.39, 0.29) is 17.5 Å². The summed E-state index contributed by atoms with van der Waals surface area (Å²) in [7, 11) is -3.55. The number of hydrogen-bond donors (Lipinski definition) is 2. The second-order valence-corrected chi connectivity index (χ2v) is 6.64. The van der Waals surface area contributed by atoms with Gasteiger partial charge in [-0.15, -0.1) is 0 Å². The number of furan rings is 1. The molecule has 0 spiro atoms. The Balaban J connectivity index is 2.90. The summed E-state index contributed by atoms with van der Waals surface area (Å²) in [5, 5.41) is 0. The van der Waals surface area contributed by atoms with Gasteiger partial charge in [-0.3, -0.25) is 0 Å². The molecule has 0 aromatic carbocycles. The van der Waals surface area contributed by atoms with Crippen molar-refractivity contribution < 1.29 is 12.8 Å². The highest BCUT2D eigenvalue weighted by Gasteiger charge is 2.24. The van der Waals surface area contributed by atoms with Crippen LogP contribution in [0.1, 0.15) is 31.8 Å². The second-order valence-electron chi connectivity index (χ2n) is 4.96. The first kappa shape index (κ1) is 15.2. The van der Waals surface area contributed by atoms with Gasteiger partial charge < -0.3 is 10.2 Å². The number of rotatable bonds is 6. The summed E-state index contributed by atoms with van der Waals surface area (Å²) < 4.78 is 32.3. The number of sulfonamides is 1. The van der Waals surface area contributed by atoms with Crippen LogP contribution >= 0.6 is 0 Å². The van der Waals surface area contributed by atoms with Crippen LogP contribution in [0.3, 0.4) is 0 Å². The molecule has 0 aliphatic heterocycles. The highest BCUT2D eigenvalue weighted by molar-refractivity contribution is 7.89. The van der Waals surface area contributed by atoms with Crippen LogP contribution in [0.25, 0.3) is 0 Å². The fraction of sp³-hybridized carbons (Fsp3) is 0.667. The molecule has 0 saturated heterocycles. The maximum atomic E-state index is 12.2. The van der Waals surface area contributed by atoms with E-state index in [4.69, 9.17) is 10.2 Å². The lowest BCUT2D eigenvalue weighted by Crippen LogP contribution is -2.41. The van der Waals surface area contributed by atoms with Gasteiger partial charge in [0, 0.05) is 12.6 Å². The van der Waals surface area contributed by atoms with Crippen molar-refractivity contribution in [3.05, 3.63) is 17.6 Å². The van der Waals surface area contributed by atoms with E-state index < -0.39 is 10.0 Å². The quantitative estimate of drug-likeness (QED) is 0.824. The minimum absolute atomic E-state index is 0.196. The first-order chi connectivity index (χ1) is 8.26. The molecule has 0 fully saturated rings. The normalized spacial score (nSPS) is 14.1. The van der Waals surface area contributed by atoms with E-state index in [0.717, 1.165) is 0 Å². The molecule has 6 heteroatoms. The number of nitrogens with one attached hydrogen (secondary N) is 1. The fourth-order valence-electron chi connectivity index (χ4n) is 1.92. The van der Waals surface area contributed by atoms with E-state index in [1.165, 1.54) is 6.07 Å². The third-order valence-corrected chi connectivity index (χ3v) is 4.28. The Morgan fingerprint density at radius 3 is 2.39 bits per heavy atom. The minimum atomic E-state index is -3.55. The van der Waals surface area contributed by atoms with Crippen LogP contribution in [0.15, 0.2) is 15.4 Å². The molecule has 1 heterocycles. The van der Waals surface area contributed by atoms with Crippen LogP contribution in [-0.4, -0.2) is 21.0 Å². The van der Waals surface area contributed by atoms with Crippen molar-refractivity contribution in [2.75, 3.05) is 6.54 Å². The van der Waals surface area contributed by atoms with Crippen LogP contribution in [0.4, 0.5) is 0 Å². The summed E-state index contributed by atoms with van der Waals surface area (Å²) in [5.74, 6) is 1.37. The summed E-state index contributed by atoms with van der Waals surface area (Å²) in [6.45, 7) is 7.71. The smallest absolute Gasteiger partial charge is 0.244 e. The van der Waals surface area contributed by atoms with Crippen LogP contribution in [0.2, 0.25) is 0 Å². The molecule has 3 N–H and O–H groups in total. The summed E-state index contributed by atoms with van der Waals surface area (Å²) >= 11 is 0. The lowest BCUT2D eigenvalue weighted by atomic mass is 10.1. The molecular weight excluding hydrogens is 252 g/mol. The summed E-state index contributed by atoms with van der Waals surface area (Å²) in [6, 6.07) is 1.28. The van der Waals surface area contributed by atoms with E-state index in [2.05, 4.69) is 4.72 Å². The molecule has 0 amide bonds. The summed E-state index contributed by atoms with van der Waals surface area (Å²) in [6.07, 6.45) is 0.714. The van der Waals surface area contributed by atoms with E-state index in [0.29, 0.717) is 23.9 Å². The van der Waals surface area contributed by atoms with Crippen molar-refractivity contribution in [3.63, 3.8) is 0 Å². The standard InChI is InChI=1S/C12H22N2O3S/c1-8(2)5-11(7-13)14-18(15,16)12-6-9(3)17-10(12)4/h6,8,11,14H,5,7,13H2,1-4H3. The Morgan fingerprint density at radius 1 is 1.39 bits per heavy atom. The van der Waals surface area contributed by atoms with Gasteiger partial charge in [-0.2, -0.15) is 0 Å². The van der Waals surface area contributed by atoms with Gasteiger partial charge in [0.25, 0.3) is 0 Å². The van der Waals surface area contributed by atoms with Gasteiger partial charge in [0.1, 0.15) is 16.4 Å². The molecule has 1 atom stereocenters. The van der Waals surface area contributed by atoms with Gasteiger partial charge in [-0.05, 0) is 32.3 Å². The van der Waals surface area contributed by atoms with Gasteiger partial charge in [0.15, 0.2) is 0 Å². The molecular formula is C12H22N2O3S. The van der Waals surface area contributed by atoms with Crippen molar-refractivity contribution in [3.8, 4) is 0 Å². The molecule has 1 rings (SSSR count). The molecule has 104 valence electrons. The Kier molecular flexibility index (Phi) is 4.95. The van der Waals surface area contributed by atoms with Crippen LogP contribution in [0.5, 0.6) is 0 Å². The molecule has 0 bridgehead atoms. The zero-order valence-electron chi connectivity index (χ0n) is 11.4. The topological polar surface area (TPSA) is 85.3 Å². The van der Waals surface area contributed by atoms with Crippen molar-refractivity contribution in [1.82, 2.24) is 4.72 Å². The SMILES string of the molecule is Cc1cc(S(=O)(=O)NC(CN)CC(C)C)c(C)o1. The van der Waals surface area contributed by atoms with Crippen LogP contribution in [-0.2, 0) is 10.0 Å². The number of hydrogen-bond acceptors (Lipinski definition) is 4. The van der Waals surface area contributed by atoms with E-state index in [1.54, 1.807) is 13.8 Å². The lowest BCUT2D eigenvalue weighted by molar-refractivity contribution is 0.463. The molecule has 5 nitrogen and oxygen atoms in total. The molecule has 1 unspecified atom stereocenters. The summed E-state index contributed by atoms with van der Waals surface area (Å²) in [4.78, 5) is 0.196. The molecule has 18 heavy (non-hydrogen) atoms. The number of nitrogens with two attached hydrogens (primary N) is 1. The first-order valence-electron chi connectivity index (χ1n) is 6.05. The molecule has 0 aliphatic carbocycles. The van der Waals surface area contributed by atoms with E-state index >= 15 is 0 Å². The monoisotopic (exact) mass is 274 g/mol. The Hall–Kier alpha value is -0.850.